The van der Waals surface area contributed by atoms with Crippen molar-refractivity contribution in [3.8, 4) is 11.5 Å². The Hall–Kier alpha value is -2.50. The first-order valence-corrected chi connectivity index (χ1v) is 8.79. The van der Waals surface area contributed by atoms with Crippen molar-refractivity contribution in [2.24, 2.45) is 0 Å². The molecule has 3 rings (SSSR count). The van der Waals surface area contributed by atoms with E-state index in [0.29, 0.717) is 17.7 Å². The molecule has 134 valence electrons. The van der Waals surface area contributed by atoms with E-state index in [9.17, 15) is 0 Å². The van der Waals surface area contributed by atoms with Crippen LogP contribution in [0.2, 0.25) is 0 Å². The molecule has 0 bridgehead atoms. The Balaban J connectivity index is 1.78. The number of methoxy groups -OCH3 is 2. The van der Waals surface area contributed by atoms with E-state index < -0.39 is 0 Å². The minimum Gasteiger partial charge on any atom is -0.497 e. The van der Waals surface area contributed by atoms with Crippen molar-refractivity contribution in [2.45, 2.75) is 45.1 Å². The summed E-state index contributed by atoms with van der Waals surface area (Å²) in [5.74, 6) is 2.88. The van der Waals surface area contributed by atoms with Gasteiger partial charge in [0, 0.05) is 23.9 Å². The lowest BCUT2D eigenvalue weighted by atomic mass is 9.96. The van der Waals surface area contributed by atoms with E-state index >= 15 is 0 Å². The van der Waals surface area contributed by atoms with Gasteiger partial charge in [-0.1, -0.05) is 19.3 Å². The molecule has 6 heteroatoms. The zero-order valence-electron chi connectivity index (χ0n) is 15.1. The third-order valence-corrected chi connectivity index (χ3v) is 4.46. The van der Waals surface area contributed by atoms with E-state index in [1.165, 1.54) is 32.1 Å². The first kappa shape index (κ1) is 17.3. The molecule has 0 saturated heterocycles. The molecule has 1 aliphatic carbocycles. The zero-order valence-corrected chi connectivity index (χ0v) is 15.1. The van der Waals surface area contributed by atoms with Crippen molar-refractivity contribution in [3.63, 3.8) is 0 Å². The summed E-state index contributed by atoms with van der Waals surface area (Å²) in [5, 5.41) is 6.80. The molecule has 2 N–H and O–H groups in total. The SMILES string of the molecule is COc1ccc(Nc2cc(C)nc(NC3CCCCC3)n2)c(OC)c1. The quantitative estimate of drug-likeness (QED) is 0.816. The van der Waals surface area contributed by atoms with Crippen molar-refractivity contribution in [1.29, 1.82) is 0 Å². The second-order valence-corrected chi connectivity index (χ2v) is 6.39. The van der Waals surface area contributed by atoms with Gasteiger partial charge in [-0.3, -0.25) is 0 Å². The van der Waals surface area contributed by atoms with Gasteiger partial charge in [-0.05, 0) is 31.9 Å². The minimum absolute atomic E-state index is 0.471. The predicted octanol–water partition coefficient (Wildman–Crippen LogP) is 4.29. The number of ether oxygens (including phenoxy) is 2. The summed E-state index contributed by atoms with van der Waals surface area (Å²) in [6.07, 6.45) is 6.25. The van der Waals surface area contributed by atoms with Crippen LogP contribution in [0.4, 0.5) is 17.5 Å². The van der Waals surface area contributed by atoms with Gasteiger partial charge >= 0.3 is 0 Å². The van der Waals surface area contributed by atoms with Gasteiger partial charge in [0.1, 0.15) is 17.3 Å². The van der Waals surface area contributed by atoms with E-state index in [1.54, 1.807) is 14.2 Å². The number of rotatable bonds is 6. The van der Waals surface area contributed by atoms with Crippen molar-refractivity contribution in [1.82, 2.24) is 9.97 Å². The van der Waals surface area contributed by atoms with Crippen molar-refractivity contribution in [2.75, 3.05) is 24.9 Å². The molecule has 25 heavy (non-hydrogen) atoms. The molecule has 0 radical (unpaired) electrons. The standard InChI is InChI=1S/C19H26N4O2/c1-13-11-18(22-16-10-9-15(24-2)12-17(16)25-3)23-19(20-13)21-14-7-5-4-6-8-14/h9-12,14H,4-8H2,1-3H3,(H2,20,21,22,23). The fraction of sp³-hybridized carbons (Fsp3) is 0.474. The Bertz CT molecular complexity index is 715. The highest BCUT2D eigenvalue weighted by atomic mass is 16.5. The molecule has 1 aromatic carbocycles. The summed E-state index contributed by atoms with van der Waals surface area (Å²) in [6.45, 7) is 1.98. The minimum atomic E-state index is 0.471. The second kappa shape index (κ2) is 8.05. The Morgan fingerprint density at radius 3 is 2.52 bits per heavy atom. The number of aryl methyl sites for hydroxylation is 1. The van der Waals surface area contributed by atoms with Gasteiger partial charge < -0.3 is 20.1 Å². The maximum atomic E-state index is 5.44. The van der Waals surface area contributed by atoms with Gasteiger partial charge in [0.15, 0.2) is 0 Å². The first-order valence-electron chi connectivity index (χ1n) is 8.79. The summed E-state index contributed by atoms with van der Waals surface area (Å²) < 4.78 is 10.7. The van der Waals surface area contributed by atoms with Gasteiger partial charge in [0.2, 0.25) is 5.95 Å². The zero-order chi connectivity index (χ0) is 17.6. The van der Waals surface area contributed by atoms with Gasteiger partial charge in [0.05, 0.1) is 19.9 Å². The lowest BCUT2D eigenvalue weighted by Gasteiger charge is -2.23. The maximum absolute atomic E-state index is 5.44. The van der Waals surface area contributed by atoms with E-state index in [0.717, 1.165) is 22.9 Å². The third kappa shape index (κ3) is 4.53. The van der Waals surface area contributed by atoms with Crippen LogP contribution in [0.5, 0.6) is 11.5 Å². The van der Waals surface area contributed by atoms with Gasteiger partial charge in [-0.25, -0.2) is 4.98 Å². The summed E-state index contributed by atoms with van der Waals surface area (Å²) in [7, 11) is 3.28. The molecule has 6 nitrogen and oxygen atoms in total. The van der Waals surface area contributed by atoms with E-state index in [1.807, 2.05) is 31.2 Å². The number of hydrogen-bond donors (Lipinski definition) is 2. The number of benzene rings is 1. The van der Waals surface area contributed by atoms with Crippen LogP contribution >= 0.6 is 0 Å². The smallest absolute Gasteiger partial charge is 0.225 e. The highest BCUT2D eigenvalue weighted by Crippen LogP contribution is 2.31. The van der Waals surface area contributed by atoms with Crippen LogP contribution in [0.1, 0.15) is 37.8 Å². The van der Waals surface area contributed by atoms with Gasteiger partial charge in [-0.2, -0.15) is 4.98 Å². The third-order valence-electron chi connectivity index (χ3n) is 4.46. The molecule has 0 spiro atoms. The van der Waals surface area contributed by atoms with Crippen LogP contribution in [0, 0.1) is 6.92 Å². The van der Waals surface area contributed by atoms with E-state index in [4.69, 9.17) is 9.47 Å². The molecule has 0 unspecified atom stereocenters. The average Bonchev–Trinajstić information content (AvgIpc) is 2.62. The van der Waals surface area contributed by atoms with Gasteiger partial charge in [-0.15, -0.1) is 0 Å². The van der Waals surface area contributed by atoms with Gasteiger partial charge in [0.25, 0.3) is 0 Å². The largest absolute Gasteiger partial charge is 0.497 e. The number of aromatic nitrogens is 2. The molecule has 1 fully saturated rings. The molecule has 1 saturated carbocycles. The monoisotopic (exact) mass is 342 g/mol. The van der Waals surface area contributed by atoms with Crippen molar-refractivity contribution < 1.29 is 9.47 Å². The highest BCUT2D eigenvalue weighted by Gasteiger charge is 2.15. The summed E-state index contributed by atoms with van der Waals surface area (Å²) >= 11 is 0. The molecule has 1 heterocycles. The Morgan fingerprint density at radius 1 is 1.00 bits per heavy atom. The molecular weight excluding hydrogens is 316 g/mol. The average molecular weight is 342 g/mol. The van der Waals surface area contributed by atoms with Crippen molar-refractivity contribution >= 4 is 17.5 Å². The molecule has 0 atom stereocenters. The van der Waals surface area contributed by atoms with Crippen LogP contribution in [0.15, 0.2) is 24.3 Å². The van der Waals surface area contributed by atoms with Crippen LogP contribution in [0.3, 0.4) is 0 Å². The molecule has 1 aromatic heterocycles. The second-order valence-electron chi connectivity index (χ2n) is 6.39. The van der Waals surface area contributed by atoms with Crippen molar-refractivity contribution in [3.05, 3.63) is 30.0 Å². The predicted molar refractivity (Wildman–Crippen MR) is 100 cm³/mol. The summed E-state index contributed by atoms with van der Waals surface area (Å²) in [6, 6.07) is 8.05. The fourth-order valence-corrected chi connectivity index (χ4v) is 3.17. The molecule has 0 amide bonds. The van der Waals surface area contributed by atoms with Crippen LogP contribution in [-0.4, -0.2) is 30.2 Å². The molecular formula is C19H26N4O2. The van der Waals surface area contributed by atoms with Crippen LogP contribution in [-0.2, 0) is 0 Å². The fourth-order valence-electron chi connectivity index (χ4n) is 3.17. The lowest BCUT2D eigenvalue weighted by Crippen LogP contribution is -2.23. The normalized spacial score (nSPS) is 14.8. The van der Waals surface area contributed by atoms with E-state index in [2.05, 4.69) is 20.6 Å². The topological polar surface area (TPSA) is 68.3 Å². The number of nitrogens with zero attached hydrogens (tertiary/aromatic N) is 2. The van der Waals surface area contributed by atoms with Crippen LogP contribution in [0.25, 0.3) is 0 Å². The molecule has 1 aliphatic rings. The summed E-state index contributed by atoms with van der Waals surface area (Å²) in [5.41, 5.74) is 1.76. The van der Waals surface area contributed by atoms with Crippen LogP contribution < -0.4 is 20.1 Å². The number of nitrogens with one attached hydrogen (secondary N) is 2. The maximum Gasteiger partial charge on any atom is 0.225 e. The Kier molecular flexibility index (Phi) is 5.58. The number of hydrogen-bond acceptors (Lipinski definition) is 6. The summed E-state index contributed by atoms with van der Waals surface area (Å²) in [4.78, 5) is 9.15. The number of anilines is 3. The Labute approximate surface area is 149 Å². The molecule has 2 aromatic rings. The Morgan fingerprint density at radius 2 is 1.80 bits per heavy atom. The van der Waals surface area contributed by atoms with E-state index in [-0.39, 0.29) is 0 Å². The molecule has 0 aliphatic heterocycles. The lowest BCUT2D eigenvalue weighted by molar-refractivity contribution is 0.395. The highest BCUT2D eigenvalue weighted by molar-refractivity contribution is 5.66. The first-order chi connectivity index (χ1) is 12.2.